The standard InChI is InChI=1S/C23H30N2O2S/c1-4-5-6-7-15-27-21-10-8-9-20(16-21)24-23(28)25-22(26)19-13-11-18(12-14-19)17(2)3/h8-14,16-17H,4-7,15H2,1-3H3,(H2,24,25,26,28). The Labute approximate surface area is 173 Å². The first-order chi connectivity index (χ1) is 13.5. The summed E-state index contributed by atoms with van der Waals surface area (Å²) in [6.07, 6.45) is 4.68. The van der Waals surface area contributed by atoms with Gasteiger partial charge in [-0.15, -0.1) is 0 Å². The van der Waals surface area contributed by atoms with Gasteiger partial charge in [-0.2, -0.15) is 0 Å². The number of carbonyl (C=O) groups is 1. The second kappa shape index (κ2) is 11.4. The number of rotatable bonds is 9. The number of nitrogens with one attached hydrogen (secondary N) is 2. The van der Waals surface area contributed by atoms with E-state index in [0.717, 1.165) is 17.9 Å². The van der Waals surface area contributed by atoms with E-state index in [2.05, 4.69) is 31.4 Å². The van der Waals surface area contributed by atoms with Gasteiger partial charge in [0.15, 0.2) is 5.11 Å². The highest BCUT2D eigenvalue weighted by Crippen LogP contribution is 2.18. The molecule has 0 unspecified atom stereocenters. The van der Waals surface area contributed by atoms with E-state index in [1.807, 2.05) is 48.5 Å². The van der Waals surface area contributed by atoms with Crippen LogP contribution in [0.4, 0.5) is 5.69 Å². The second-order valence-corrected chi connectivity index (χ2v) is 7.53. The van der Waals surface area contributed by atoms with Crippen molar-refractivity contribution in [2.24, 2.45) is 0 Å². The molecule has 0 spiro atoms. The summed E-state index contributed by atoms with van der Waals surface area (Å²) < 4.78 is 5.79. The first kappa shape index (κ1) is 21.9. The van der Waals surface area contributed by atoms with Gasteiger partial charge < -0.3 is 10.1 Å². The van der Waals surface area contributed by atoms with Crippen LogP contribution in [0.3, 0.4) is 0 Å². The van der Waals surface area contributed by atoms with Crippen LogP contribution in [0.2, 0.25) is 0 Å². The van der Waals surface area contributed by atoms with Crippen LogP contribution in [-0.4, -0.2) is 17.6 Å². The van der Waals surface area contributed by atoms with Crippen molar-refractivity contribution < 1.29 is 9.53 Å². The smallest absolute Gasteiger partial charge is 0.257 e. The van der Waals surface area contributed by atoms with Gasteiger partial charge in [0.25, 0.3) is 5.91 Å². The molecule has 0 aliphatic rings. The third-order valence-electron chi connectivity index (χ3n) is 4.43. The van der Waals surface area contributed by atoms with Crippen molar-refractivity contribution in [2.45, 2.75) is 52.4 Å². The van der Waals surface area contributed by atoms with Gasteiger partial charge in [0.1, 0.15) is 5.75 Å². The first-order valence-electron chi connectivity index (χ1n) is 9.94. The Bertz CT molecular complexity index is 772. The van der Waals surface area contributed by atoms with Crippen molar-refractivity contribution in [3.8, 4) is 5.75 Å². The summed E-state index contributed by atoms with van der Waals surface area (Å²) in [5, 5.41) is 6.02. The van der Waals surface area contributed by atoms with Crippen molar-refractivity contribution in [1.82, 2.24) is 5.32 Å². The van der Waals surface area contributed by atoms with Crippen LogP contribution < -0.4 is 15.4 Å². The highest BCUT2D eigenvalue weighted by molar-refractivity contribution is 7.80. The van der Waals surface area contributed by atoms with E-state index >= 15 is 0 Å². The molecule has 0 aromatic heterocycles. The Morgan fingerprint density at radius 2 is 1.82 bits per heavy atom. The molecule has 0 saturated heterocycles. The number of hydrogen-bond acceptors (Lipinski definition) is 3. The lowest BCUT2D eigenvalue weighted by Gasteiger charge is -2.12. The molecule has 0 atom stereocenters. The minimum Gasteiger partial charge on any atom is -0.494 e. The minimum atomic E-state index is -0.226. The van der Waals surface area contributed by atoms with Crippen LogP contribution >= 0.6 is 12.2 Å². The van der Waals surface area contributed by atoms with Crippen molar-refractivity contribution in [1.29, 1.82) is 0 Å². The van der Waals surface area contributed by atoms with Crippen LogP contribution in [0, 0.1) is 0 Å². The number of anilines is 1. The monoisotopic (exact) mass is 398 g/mol. The third kappa shape index (κ3) is 7.31. The summed E-state index contributed by atoms with van der Waals surface area (Å²) in [4.78, 5) is 12.4. The van der Waals surface area contributed by atoms with Crippen LogP contribution in [-0.2, 0) is 0 Å². The molecule has 0 saturated carbocycles. The van der Waals surface area contributed by atoms with Crippen LogP contribution in [0.5, 0.6) is 5.75 Å². The predicted octanol–water partition coefficient (Wildman–Crippen LogP) is 5.90. The number of unbranched alkanes of at least 4 members (excludes halogenated alkanes) is 3. The van der Waals surface area contributed by atoms with E-state index in [1.54, 1.807) is 0 Å². The molecule has 150 valence electrons. The second-order valence-electron chi connectivity index (χ2n) is 7.12. The predicted molar refractivity (Wildman–Crippen MR) is 120 cm³/mol. The molecular formula is C23H30N2O2S. The lowest BCUT2D eigenvalue weighted by atomic mass is 10.0. The van der Waals surface area contributed by atoms with Crippen molar-refractivity contribution in [2.75, 3.05) is 11.9 Å². The quantitative estimate of drug-likeness (QED) is 0.408. The summed E-state index contributed by atoms with van der Waals surface area (Å²) in [6.45, 7) is 7.14. The molecule has 0 bridgehead atoms. The van der Waals surface area contributed by atoms with E-state index in [9.17, 15) is 4.79 Å². The number of amides is 1. The van der Waals surface area contributed by atoms with Crippen LogP contribution in [0.25, 0.3) is 0 Å². The molecule has 0 radical (unpaired) electrons. The molecule has 2 N–H and O–H groups in total. The molecular weight excluding hydrogens is 368 g/mol. The summed E-state index contributed by atoms with van der Waals surface area (Å²) in [5.41, 5.74) is 2.56. The van der Waals surface area contributed by atoms with E-state index < -0.39 is 0 Å². The number of carbonyl (C=O) groups excluding carboxylic acids is 1. The highest BCUT2D eigenvalue weighted by Gasteiger charge is 2.09. The Balaban J connectivity index is 1.85. The topological polar surface area (TPSA) is 50.4 Å². The minimum absolute atomic E-state index is 0.226. The third-order valence-corrected chi connectivity index (χ3v) is 4.63. The molecule has 2 aromatic carbocycles. The van der Waals surface area contributed by atoms with E-state index in [-0.39, 0.29) is 11.0 Å². The summed E-state index contributed by atoms with van der Waals surface area (Å²) >= 11 is 5.27. The number of benzene rings is 2. The fourth-order valence-corrected chi connectivity index (χ4v) is 2.95. The molecule has 4 nitrogen and oxygen atoms in total. The van der Waals surface area contributed by atoms with Gasteiger partial charge in [0.05, 0.1) is 6.61 Å². The zero-order valence-corrected chi connectivity index (χ0v) is 17.8. The molecule has 0 aliphatic heterocycles. The van der Waals surface area contributed by atoms with Crippen LogP contribution in [0.15, 0.2) is 48.5 Å². The van der Waals surface area contributed by atoms with Gasteiger partial charge in [-0.05, 0) is 54.4 Å². The Hall–Kier alpha value is -2.40. The average Bonchev–Trinajstić information content (AvgIpc) is 2.68. The summed E-state index contributed by atoms with van der Waals surface area (Å²) in [5.74, 6) is 0.997. The fraction of sp³-hybridized carbons (Fsp3) is 0.391. The lowest BCUT2D eigenvalue weighted by Crippen LogP contribution is -2.34. The summed E-state index contributed by atoms with van der Waals surface area (Å²) in [7, 11) is 0. The van der Waals surface area contributed by atoms with Crippen molar-refractivity contribution in [3.63, 3.8) is 0 Å². The lowest BCUT2D eigenvalue weighted by molar-refractivity contribution is 0.0977. The normalized spacial score (nSPS) is 10.6. The molecule has 0 aliphatic carbocycles. The number of thiocarbonyl (C=S) groups is 1. The van der Waals surface area contributed by atoms with E-state index in [0.29, 0.717) is 18.1 Å². The molecule has 0 fully saturated rings. The SMILES string of the molecule is CCCCCCOc1cccc(NC(=S)NC(=O)c2ccc(C(C)C)cc2)c1. The summed E-state index contributed by atoms with van der Waals surface area (Å²) in [6, 6.07) is 15.2. The van der Waals surface area contributed by atoms with Gasteiger partial charge in [0, 0.05) is 17.3 Å². The van der Waals surface area contributed by atoms with Gasteiger partial charge in [0.2, 0.25) is 0 Å². The zero-order chi connectivity index (χ0) is 20.4. The Morgan fingerprint density at radius 3 is 2.50 bits per heavy atom. The number of ether oxygens (including phenoxy) is 1. The van der Waals surface area contributed by atoms with Gasteiger partial charge in [-0.25, -0.2) is 0 Å². The molecule has 5 heteroatoms. The van der Waals surface area contributed by atoms with Crippen molar-refractivity contribution >= 4 is 28.9 Å². The molecule has 28 heavy (non-hydrogen) atoms. The Morgan fingerprint density at radius 1 is 1.07 bits per heavy atom. The number of hydrogen-bond donors (Lipinski definition) is 2. The maximum atomic E-state index is 12.4. The van der Waals surface area contributed by atoms with E-state index in [1.165, 1.54) is 24.8 Å². The van der Waals surface area contributed by atoms with Gasteiger partial charge >= 0.3 is 0 Å². The molecule has 2 aromatic rings. The largest absolute Gasteiger partial charge is 0.494 e. The van der Waals surface area contributed by atoms with Crippen molar-refractivity contribution in [3.05, 3.63) is 59.7 Å². The van der Waals surface area contributed by atoms with Gasteiger partial charge in [-0.3, -0.25) is 10.1 Å². The highest BCUT2D eigenvalue weighted by atomic mass is 32.1. The molecule has 1 amide bonds. The Kier molecular flexibility index (Phi) is 8.95. The zero-order valence-electron chi connectivity index (χ0n) is 17.0. The average molecular weight is 399 g/mol. The molecule has 2 rings (SSSR count). The molecule has 0 heterocycles. The van der Waals surface area contributed by atoms with Crippen LogP contribution in [0.1, 0.15) is 68.3 Å². The first-order valence-corrected chi connectivity index (χ1v) is 10.4. The maximum Gasteiger partial charge on any atom is 0.257 e. The maximum absolute atomic E-state index is 12.4. The van der Waals surface area contributed by atoms with E-state index in [4.69, 9.17) is 17.0 Å². The van der Waals surface area contributed by atoms with Gasteiger partial charge in [-0.1, -0.05) is 58.2 Å². The fourth-order valence-electron chi connectivity index (χ4n) is 2.74.